The highest BCUT2D eigenvalue weighted by molar-refractivity contribution is 7.10. The normalized spacial score (nSPS) is 16.8. The first-order chi connectivity index (χ1) is 22.1. The first-order valence-corrected chi connectivity index (χ1v) is 15.8. The highest BCUT2D eigenvalue weighted by Crippen LogP contribution is 2.33. The van der Waals surface area contributed by atoms with Crippen molar-refractivity contribution >= 4 is 46.4 Å². The molecule has 1 aromatic heterocycles. The summed E-state index contributed by atoms with van der Waals surface area (Å²) >= 11 is 1.36. The quantitative estimate of drug-likeness (QED) is 0.203. The van der Waals surface area contributed by atoms with Crippen molar-refractivity contribution in [3.63, 3.8) is 0 Å². The largest absolute Gasteiger partial charge is 0.497 e. The monoisotopic (exact) mass is 640 g/mol. The Kier molecular flexibility index (Phi) is 10.0. The molecule has 1 aliphatic heterocycles. The van der Waals surface area contributed by atoms with E-state index in [2.05, 4.69) is 15.5 Å². The summed E-state index contributed by atoms with van der Waals surface area (Å²) in [6, 6.07) is 23.6. The van der Waals surface area contributed by atoms with Crippen LogP contribution in [-0.2, 0) is 4.79 Å². The lowest BCUT2D eigenvalue weighted by Gasteiger charge is -2.45. The van der Waals surface area contributed by atoms with Crippen LogP contribution in [0.4, 0.5) is 11.4 Å². The van der Waals surface area contributed by atoms with Crippen LogP contribution in [0.3, 0.4) is 0 Å². The number of amides is 3. The molecule has 1 saturated heterocycles. The topological polar surface area (TPSA) is 128 Å². The van der Waals surface area contributed by atoms with Gasteiger partial charge in [-0.1, -0.05) is 30.3 Å². The third-order valence-corrected chi connectivity index (χ3v) is 8.97. The fourth-order valence-corrected chi connectivity index (χ4v) is 6.38. The van der Waals surface area contributed by atoms with Crippen molar-refractivity contribution in [3.05, 3.63) is 112 Å². The minimum absolute atomic E-state index is 0.0418. The van der Waals surface area contributed by atoms with Gasteiger partial charge in [0.05, 0.1) is 30.9 Å². The highest BCUT2D eigenvalue weighted by atomic mass is 32.1. The SMILES string of the molecule is COc1cccc(C(=O)Nc2cc(C(=O)NC(CC(=O)O)c3cccs3)ccc2N2CC(C)N(C(=O)c3ccccc3)CC2C)c1. The fraction of sp³-hybridized carbons (Fsp3) is 0.257. The van der Waals surface area contributed by atoms with Crippen molar-refractivity contribution in [1.82, 2.24) is 10.2 Å². The number of methoxy groups -OCH3 is 1. The summed E-state index contributed by atoms with van der Waals surface area (Å²) in [5, 5.41) is 17.1. The summed E-state index contributed by atoms with van der Waals surface area (Å²) in [5.74, 6) is -1.41. The van der Waals surface area contributed by atoms with Crippen LogP contribution >= 0.6 is 11.3 Å². The molecule has 0 saturated carbocycles. The van der Waals surface area contributed by atoms with E-state index in [0.29, 0.717) is 41.3 Å². The van der Waals surface area contributed by atoms with Crippen LogP contribution in [0.5, 0.6) is 5.75 Å². The Morgan fingerprint density at radius 3 is 2.30 bits per heavy atom. The Bertz CT molecular complexity index is 1710. The molecule has 3 unspecified atom stereocenters. The minimum atomic E-state index is -1.03. The van der Waals surface area contributed by atoms with Crippen molar-refractivity contribution < 1.29 is 29.0 Å². The van der Waals surface area contributed by atoms with E-state index in [4.69, 9.17) is 4.74 Å². The van der Waals surface area contributed by atoms with E-state index < -0.39 is 23.8 Å². The fourth-order valence-electron chi connectivity index (χ4n) is 5.61. The number of hydrogen-bond donors (Lipinski definition) is 3. The molecule has 4 aromatic rings. The van der Waals surface area contributed by atoms with Gasteiger partial charge in [0, 0.05) is 46.7 Å². The van der Waals surface area contributed by atoms with Crippen molar-refractivity contribution in [3.8, 4) is 5.75 Å². The van der Waals surface area contributed by atoms with Gasteiger partial charge in [-0.25, -0.2) is 0 Å². The zero-order chi connectivity index (χ0) is 32.8. The van der Waals surface area contributed by atoms with Crippen LogP contribution in [0.15, 0.2) is 90.3 Å². The van der Waals surface area contributed by atoms with Crippen LogP contribution in [0, 0.1) is 0 Å². The number of carboxylic acids is 1. The molecule has 0 aliphatic carbocycles. The lowest BCUT2D eigenvalue weighted by Crippen LogP contribution is -2.58. The smallest absolute Gasteiger partial charge is 0.305 e. The van der Waals surface area contributed by atoms with E-state index in [1.165, 1.54) is 18.4 Å². The molecule has 3 N–H and O–H groups in total. The Morgan fingerprint density at radius 1 is 0.870 bits per heavy atom. The molecule has 3 amide bonds. The predicted molar refractivity (Wildman–Crippen MR) is 178 cm³/mol. The molecule has 46 heavy (non-hydrogen) atoms. The van der Waals surface area contributed by atoms with Crippen molar-refractivity contribution in [2.24, 2.45) is 0 Å². The van der Waals surface area contributed by atoms with Gasteiger partial charge in [-0.15, -0.1) is 11.3 Å². The number of rotatable bonds is 10. The van der Waals surface area contributed by atoms with Crippen LogP contribution in [-0.4, -0.2) is 66.0 Å². The molecule has 0 spiro atoms. The zero-order valence-electron chi connectivity index (χ0n) is 25.8. The summed E-state index contributed by atoms with van der Waals surface area (Å²) in [5.41, 5.74) is 2.36. The van der Waals surface area contributed by atoms with Gasteiger partial charge in [-0.05, 0) is 73.8 Å². The van der Waals surface area contributed by atoms with Gasteiger partial charge < -0.3 is 30.3 Å². The summed E-state index contributed by atoms with van der Waals surface area (Å²) in [6.07, 6.45) is -0.273. The number of aliphatic carboxylic acids is 1. The molecular formula is C35H36N4O6S. The number of benzene rings is 3. The van der Waals surface area contributed by atoms with Crippen LogP contribution in [0.1, 0.15) is 62.3 Å². The number of carboxylic acid groups (broad SMARTS) is 1. The molecule has 2 heterocycles. The van der Waals surface area contributed by atoms with Crippen molar-refractivity contribution in [1.29, 1.82) is 0 Å². The standard InChI is InChI=1S/C35H36N4O6S/c1-22-21-39(35(44)24-9-5-4-6-10-24)23(2)20-38(22)30-15-14-26(34(43)37-29(19-32(40)41)31-13-8-16-46-31)18-28(30)36-33(42)25-11-7-12-27(17-25)45-3/h4-18,22-23,29H,19-21H2,1-3H3,(H,36,42)(H,37,43)(H,40,41). The second-order valence-electron chi connectivity index (χ2n) is 11.2. The molecule has 3 atom stereocenters. The third-order valence-electron chi connectivity index (χ3n) is 7.99. The number of hydrogen-bond acceptors (Lipinski definition) is 7. The zero-order valence-corrected chi connectivity index (χ0v) is 26.6. The first kappa shape index (κ1) is 32.2. The third kappa shape index (κ3) is 7.37. The van der Waals surface area contributed by atoms with E-state index in [1.54, 1.807) is 54.6 Å². The van der Waals surface area contributed by atoms with Crippen molar-refractivity contribution in [2.75, 3.05) is 30.4 Å². The van der Waals surface area contributed by atoms with E-state index in [1.807, 2.05) is 54.5 Å². The Hall–Kier alpha value is -5.16. The number of nitrogens with zero attached hydrogens (tertiary/aromatic N) is 2. The molecule has 10 nitrogen and oxygen atoms in total. The average molecular weight is 641 g/mol. The second kappa shape index (κ2) is 14.3. The van der Waals surface area contributed by atoms with E-state index in [0.717, 1.165) is 4.88 Å². The lowest BCUT2D eigenvalue weighted by atomic mass is 10.0. The van der Waals surface area contributed by atoms with Crippen LogP contribution in [0.25, 0.3) is 0 Å². The molecule has 238 valence electrons. The van der Waals surface area contributed by atoms with E-state index >= 15 is 0 Å². The maximum atomic E-state index is 13.5. The predicted octanol–water partition coefficient (Wildman–Crippen LogP) is 5.69. The first-order valence-electron chi connectivity index (χ1n) is 14.9. The van der Waals surface area contributed by atoms with Crippen LogP contribution in [0.2, 0.25) is 0 Å². The molecule has 0 radical (unpaired) electrons. The number of thiophene rings is 1. The molecular weight excluding hydrogens is 604 g/mol. The average Bonchev–Trinajstić information content (AvgIpc) is 3.60. The summed E-state index contributed by atoms with van der Waals surface area (Å²) in [4.78, 5) is 56.6. The van der Waals surface area contributed by atoms with Gasteiger partial charge in [0.15, 0.2) is 0 Å². The van der Waals surface area contributed by atoms with Gasteiger partial charge in [0.25, 0.3) is 17.7 Å². The molecule has 1 fully saturated rings. The Morgan fingerprint density at radius 2 is 1.61 bits per heavy atom. The number of carbonyl (C=O) groups is 4. The van der Waals surface area contributed by atoms with E-state index in [-0.39, 0.29) is 30.0 Å². The van der Waals surface area contributed by atoms with Crippen molar-refractivity contribution in [2.45, 2.75) is 38.4 Å². The van der Waals surface area contributed by atoms with Gasteiger partial charge in [-0.3, -0.25) is 19.2 Å². The van der Waals surface area contributed by atoms with Gasteiger partial charge >= 0.3 is 5.97 Å². The molecule has 11 heteroatoms. The molecule has 3 aromatic carbocycles. The van der Waals surface area contributed by atoms with Gasteiger partial charge in [-0.2, -0.15) is 0 Å². The number of ether oxygens (including phenoxy) is 1. The lowest BCUT2D eigenvalue weighted by molar-refractivity contribution is -0.137. The van der Waals surface area contributed by atoms with E-state index in [9.17, 15) is 24.3 Å². The number of carbonyl (C=O) groups excluding carboxylic acids is 3. The minimum Gasteiger partial charge on any atom is -0.497 e. The van der Waals surface area contributed by atoms with Gasteiger partial charge in [0.2, 0.25) is 0 Å². The Labute approximate surface area is 271 Å². The maximum absolute atomic E-state index is 13.5. The maximum Gasteiger partial charge on any atom is 0.305 e. The van der Waals surface area contributed by atoms with Gasteiger partial charge in [0.1, 0.15) is 5.75 Å². The number of piperazine rings is 1. The number of nitrogens with one attached hydrogen (secondary N) is 2. The molecule has 1 aliphatic rings. The summed E-state index contributed by atoms with van der Waals surface area (Å²) in [7, 11) is 1.52. The Balaban J connectivity index is 1.45. The van der Waals surface area contributed by atoms with Crippen LogP contribution < -0.4 is 20.3 Å². The highest BCUT2D eigenvalue weighted by Gasteiger charge is 2.34. The second-order valence-corrected chi connectivity index (χ2v) is 12.2. The summed E-state index contributed by atoms with van der Waals surface area (Å²) in [6.45, 7) is 4.95. The molecule has 5 rings (SSSR count). The molecule has 0 bridgehead atoms. The number of anilines is 2. The summed E-state index contributed by atoms with van der Waals surface area (Å²) < 4.78 is 5.29.